The van der Waals surface area contributed by atoms with Gasteiger partial charge in [-0.25, -0.2) is 0 Å². The number of aliphatic hydroxyl groups excluding tert-OH is 1. The number of hydrogen-bond donors (Lipinski definition) is 1. The van der Waals surface area contributed by atoms with Crippen LogP contribution in [0.5, 0.6) is 5.75 Å². The smallest absolute Gasteiger partial charge is 0.119 e. The third kappa shape index (κ3) is 5.40. The average Bonchev–Trinajstić information content (AvgIpc) is 2.81. The molecule has 0 unspecified atom stereocenters. The fourth-order valence-corrected chi connectivity index (χ4v) is 5.28. The molecule has 2 aromatic carbocycles. The highest BCUT2D eigenvalue weighted by atomic mass is 16.5. The van der Waals surface area contributed by atoms with Crippen molar-refractivity contribution in [2.45, 2.75) is 44.8 Å². The van der Waals surface area contributed by atoms with Gasteiger partial charge in [0, 0.05) is 63.6 Å². The highest BCUT2D eigenvalue weighted by molar-refractivity contribution is 5.53. The molecule has 2 aliphatic rings. The molecule has 0 bridgehead atoms. The Hall–Kier alpha value is -2.08. The molecule has 0 amide bonds. The molecule has 1 atom stereocenters. The van der Waals surface area contributed by atoms with E-state index in [1.807, 2.05) is 6.07 Å². The third-order valence-electron chi connectivity index (χ3n) is 7.06. The van der Waals surface area contributed by atoms with Crippen LogP contribution in [0.4, 0.5) is 5.69 Å². The number of anilines is 1. The predicted molar refractivity (Wildman–Crippen MR) is 127 cm³/mol. The van der Waals surface area contributed by atoms with Crippen molar-refractivity contribution >= 4 is 5.69 Å². The Morgan fingerprint density at radius 2 is 1.81 bits per heavy atom. The van der Waals surface area contributed by atoms with E-state index in [0.29, 0.717) is 12.1 Å². The van der Waals surface area contributed by atoms with E-state index in [2.05, 4.69) is 64.1 Å². The Balaban J connectivity index is 1.34. The number of para-hydroxylation sites is 1. The van der Waals surface area contributed by atoms with Crippen LogP contribution in [-0.4, -0.2) is 73.4 Å². The number of rotatable bonds is 7. The number of piperidine rings is 1. The molecule has 168 valence electrons. The maximum atomic E-state index is 9.70. The van der Waals surface area contributed by atoms with Crippen LogP contribution in [0.1, 0.15) is 30.4 Å². The van der Waals surface area contributed by atoms with Crippen LogP contribution in [0.2, 0.25) is 0 Å². The normalized spacial score (nSPS) is 21.4. The van der Waals surface area contributed by atoms with E-state index >= 15 is 0 Å². The van der Waals surface area contributed by atoms with E-state index in [-0.39, 0.29) is 6.61 Å². The highest BCUT2D eigenvalue weighted by Gasteiger charge is 2.32. The maximum Gasteiger partial charge on any atom is 0.119 e. The van der Waals surface area contributed by atoms with Gasteiger partial charge in [-0.1, -0.05) is 30.3 Å². The van der Waals surface area contributed by atoms with Crippen LogP contribution in [0.3, 0.4) is 0 Å². The first kappa shape index (κ1) is 22.1. The molecule has 2 fully saturated rings. The van der Waals surface area contributed by atoms with Crippen molar-refractivity contribution < 1.29 is 9.84 Å². The lowest BCUT2D eigenvalue weighted by atomic mass is 9.98. The highest BCUT2D eigenvalue weighted by Crippen LogP contribution is 2.27. The van der Waals surface area contributed by atoms with Gasteiger partial charge in [-0.15, -0.1) is 0 Å². The monoisotopic (exact) mass is 423 g/mol. The van der Waals surface area contributed by atoms with Crippen molar-refractivity contribution in [1.82, 2.24) is 9.80 Å². The number of piperazine rings is 1. The summed E-state index contributed by atoms with van der Waals surface area (Å²) in [6, 6.07) is 18.2. The molecule has 2 saturated heterocycles. The van der Waals surface area contributed by atoms with Gasteiger partial charge in [-0.3, -0.25) is 9.80 Å². The number of benzene rings is 2. The van der Waals surface area contributed by atoms with Crippen molar-refractivity contribution in [1.29, 1.82) is 0 Å². The number of aryl methyl sites for hydroxylation is 1. The van der Waals surface area contributed by atoms with Gasteiger partial charge in [0.2, 0.25) is 0 Å². The number of hydrogen-bond acceptors (Lipinski definition) is 5. The summed E-state index contributed by atoms with van der Waals surface area (Å²) >= 11 is 0. The minimum absolute atomic E-state index is 0.249. The Kier molecular flexibility index (Phi) is 7.49. The SMILES string of the molecule is COc1cccc(CN2CCN(C3CCN(c4ccccc4C)CC3)C[C@@H]2CCO)c1. The first-order valence-electron chi connectivity index (χ1n) is 11.7. The molecule has 0 spiro atoms. The van der Waals surface area contributed by atoms with Gasteiger partial charge < -0.3 is 14.7 Å². The fraction of sp³-hybridized carbons (Fsp3) is 0.538. The lowest BCUT2D eigenvalue weighted by molar-refractivity contribution is 0.0254. The molecule has 4 rings (SSSR count). The van der Waals surface area contributed by atoms with E-state index in [1.54, 1.807) is 7.11 Å². The van der Waals surface area contributed by atoms with Gasteiger partial charge in [0.1, 0.15) is 5.75 Å². The average molecular weight is 424 g/mol. The Labute approximate surface area is 187 Å². The summed E-state index contributed by atoms with van der Waals surface area (Å²) in [4.78, 5) is 7.79. The van der Waals surface area contributed by atoms with Gasteiger partial charge in [0.15, 0.2) is 0 Å². The lowest BCUT2D eigenvalue weighted by Gasteiger charge is -2.47. The van der Waals surface area contributed by atoms with Crippen LogP contribution in [0.25, 0.3) is 0 Å². The topological polar surface area (TPSA) is 39.2 Å². The van der Waals surface area contributed by atoms with Crippen molar-refractivity contribution in [3.05, 3.63) is 59.7 Å². The predicted octanol–water partition coefficient (Wildman–Crippen LogP) is 3.54. The number of methoxy groups -OCH3 is 1. The molecule has 0 aromatic heterocycles. The van der Waals surface area contributed by atoms with Gasteiger partial charge in [0.05, 0.1) is 7.11 Å². The Morgan fingerprint density at radius 3 is 2.55 bits per heavy atom. The molecular formula is C26H37N3O2. The van der Waals surface area contributed by atoms with E-state index in [4.69, 9.17) is 4.74 Å². The summed E-state index contributed by atoms with van der Waals surface area (Å²) in [5.41, 5.74) is 4.04. The second-order valence-electron chi connectivity index (χ2n) is 8.99. The molecule has 5 nitrogen and oxygen atoms in total. The van der Waals surface area contributed by atoms with Crippen LogP contribution in [-0.2, 0) is 6.54 Å². The quantitative estimate of drug-likeness (QED) is 0.738. The van der Waals surface area contributed by atoms with E-state index < -0.39 is 0 Å². The zero-order valence-corrected chi connectivity index (χ0v) is 19.0. The zero-order valence-electron chi connectivity index (χ0n) is 19.0. The minimum Gasteiger partial charge on any atom is -0.497 e. The second kappa shape index (κ2) is 10.5. The van der Waals surface area contributed by atoms with Gasteiger partial charge in [-0.05, 0) is 55.5 Å². The van der Waals surface area contributed by atoms with Crippen LogP contribution in [0, 0.1) is 6.92 Å². The van der Waals surface area contributed by atoms with Crippen molar-refractivity contribution in [2.24, 2.45) is 0 Å². The molecule has 31 heavy (non-hydrogen) atoms. The second-order valence-corrected chi connectivity index (χ2v) is 8.99. The number of aliphatic hydroxyl groups is 1. The zero-order chi connectivity index (χ0) is 21.6. The van der Waals surface area contributed by atoms with E-state index in [9.17, 15) is 5.11 Å². The van der Waals surface area contributed by atoms with Crippen LogP contribution in [0.15, 0.2) is 48.5 Å². The fourth-order valence-electron chi connectivity index (χ4n) is 5.28. The minimum atomic E-state index is 0.249. The van der Waals surface area contributed by atoms with Crippen LogP contribution < -0.4 is 9.64 Å². The molecule has 0 radical (unpaired) electrons. The Bertz CT molecular complexity index is 835. The molecule has 2 heterocycles. The first-order valence-corrected chi connectivity index (χ1v) is 11.7. The summed E-state index contributed by atoms with van der Waals surface area (Å²) in [5, 5.41) is 9.70. The molecule has 5 heteroatoms. The Morgan fingerprint density at radius 1 is 1.00 bits per heavy atom. The number of ether oxygens (including phenoxy) is 1. The molecular weight excluding hydrogens is 386 g/mol. The summed E-state index contributed by atoms with van der Waals surface area (Å²) in [6.07, 6.45) is 3.27. The van der Waals surface area contributed by atoms with Gasteiger partial charge in [0.25, 0.3) is 0 Å². The summed E-state index contributed by atoms with van der Waals surface area (Å²) in [7, 11) is 1.72. The van der Waals surface area contributed by atoms with Crippen LogP contribution >= 0.6 is 0 Å². The maximum absolute atomic E-state index is 9.70. The summed E-state index contributed by atoms with van der Waals surface area (Å²) in [6.45, 7) is 8.86. The van der Waals surface area contributed by atoms with Crippen molar-refractivity contribution in [2.75, 3.05) is 51.3 Å². The molecule has 0 saturated carbocycles. The van der Waals surface area contributed by atoms with E-state index in [1.165, 1.54) is 29.7 Å². The molecule has 1 N–H and O–H groups in total. The summed E-state index contributed by atoms with van der Waals surface area (Å²) < 4.78 is 5.39. The van der Waals surface area contributed by atoms with Gasteiger partial charge >= 0.3 is 0 Å². The molecule has 0 aliphatic carbocycles. The molecule has 2 aliphatic heterocycles. The number of nitrogens with zero attached hydrogens (tertiary/aromatic N) is 3. The van der Waals surface area contributed by atoms with E-state index in [0.717, 1.165) is 51.4 Å². The largest absolute Gasteiger partial charge is 0.497 e. The first-order chi connectivity index (χ1) is 15.2. The van der Waals surface area contributed by atoms with Gasteiger partial charge in [-0.2, -0.15) is 0 Å². The molecule has 2 aromatic rings. The summed E-state index contributed by atoms with van der Waals surface area (Å²) in [5.74, 6) is 0.912. The van der Waals surface area contributed by atoms with Crippen molar-refractivity contribution in [3.8, 4) is 5.75 Å². The lowest BCUT2D eigenvalue weighted by Crippen LogP contribution is -2.57. The third-order valence-corrected chi connectivity index (χ3v) is 7.06. The standard InChI is InChI=1S/C26H37N3O2/c1-21-6-3-4-9-26(21)27-13-10-23(11-14-27)29-16-15-28(24(20-29)12-17-30)19-22-7-5-8-25(18-22)31-2/h3-9,18,23-24,30H,10-17,19-20H2,1-2H3/t24-/m0/s1. The van der Waals surface area contributed by atoms with Crippen molar-refractivity contribution in [3.63, 3.8) is 0 Å².